The van der Waals surface area contributed by atoms with Crippen molar-refractivity contribution in [2.24, 2.45) is 0 Å². The number of fused-ring (bicyclic) bond motifs is 1. The molecule has 0 aromatic rings. The van der Waals surface area contributed by atoms with E-state index in [0.29, 0.717) is 0 Å². The lowest BCUT2D eigenvalue weighted by Gasteiger charge is -2.17. The number of hydrogen-bond acceptors (Lipinski definition) is 3. The first-order valence-corrected chi connectivity index (χ1v) is 4.54. The van der Waals surface area contributed by atoms with E-state index in [2.05, 4.69) is 11.1 Å². The van der Waals surface area contributed by atoms with Gasteiger partial charge in [0.1, 0.15) is 5.60 Å². The molecule has 0 aromatic heterocycles. The van der Waals surface area contributed by atoms with Gasteiger partial charge in [-0.3, -0.25) is 9.78 Å². The molecule has 0 atom stereocenters. The monoisotopic (exact) mass is 193 g/mol. The Morgan fingerprint density at radius 1 is 1.43 bits per heavy atom. The van der Waals surface area contributed by atoms with Crippen molar-refractivity contribution < 1.29 is 9.53 Å². The molecule has 0 unspecified atom stereocenters. The molecule has 3 heteroatoms. The van der Waals surface area contributed by atoms with Gasteiger partial charge in [0, 0.05) is 18.7 Å². The molecule has 0 amide bonds. The van der Waals surface area contributed by atoms with Crippen LogP contribution in [-0.2, 0) is 9.53 Å². The maximum absolute atomic E-state index is 10.2. The summed E-state index contributed by atoms with van der Waals surface area (Å²) in [5.41, 5.74) is 2.16. The summed E-state index contributed by atoms with van der Waals surface area (Å²) in [5, 5.41) is 0. The van der Waals surface area contributed by atoms with Crippen molar-refractivity contribution in [2.45, 2.75) is 33.3 Å². The second-order valence-corrected chi connectivity index (χ2v) is 4.14. The van der Waals surface area contributed by atoms with Gasteiger partial charge in [-0.15, -0.1) is 0 Å². The van der Waals surface area contributed by atoms with E-state index in [1.807, 2.05) is 33.0 Å². The zero-order chi connectivity index (χ0) is 10.8. The van der Waals surface area contributed by atoms with Crippen LogP contribution in [0.25, 0.3) is 11.3 Å². The Morgan fingerprint density at radius 2 is 2.07 bits per heavy atom. The van der Waals surface area contributed by atoms with E-state index in [9.17, 15) is 4.79 Å². The number of aromatic nitrogens is 1. The molecule has 1 aliphatic heterocycles. The Hall–Kier alpha value is -1.38. The zero-order valence-electron chi connectivity index (χ0n) is 9.00. The fraction of sp³-hybridized carbons (Fsp3) is 0.455. The number of pyridine rings is 1. The minimum absolute atomic E-state index is 0.225. The minimum Gasteiger partial charge on any atom is -0.460 e. The SMILES string of the molecule is CC(=O)OC(C)(C)C.c1cc2cc-2n1. The quantitative estimate of drug-likeness (QED) is 0.603. The largest absolute Gasteiger partial charge is 0.460 e. The normalized spacial score (nSPS) is 11.1. The topological polar surface area (TPSA) is 39.2 Å². The fourth-order valence-corrected chi connectivity index (χ4v) is 0.986. The third-order valence-electron chi connectivity index (χ3n) is 1.42. The average Bonchev–Trinajstić information content (AvgIpc) is 2.55. The highest BCUT2D eigenvalue weighted by atomic mass is 16.6. The van der Waals surface area contributed by atoms with E-state index in [1.54, 1.807) is 0 Å². The molecule has 0 radical (unpaired) electrons. The lowest BCUT2D eigenvalue weighted by atomic mass is 10.2. The lowest BCUT2D eigenvalue weighted by molar-refractivity contribution is -0.151. The molecular formula is C11H15NO2. The summed E-state index contributed by atoms with van der Waals surface area (Å²) in [6, 6.07) is 4.06. The van der Waals surface area contributed by atoms with Crippen molar-refractivity contribution in [1.29, 1.82) is 0 Å². The Labute approximate surface area is 84.1 Å². The van der Waals surface area contributed by atoms with Gasteiger partial charge in [0.05, 0.1) is 5.69 Å². The Bertz CT molecular complexity index is 322. The van der Waals surface area contributed by atoms with Crippen molar-refractivity contribution in [2.75, 3.05) is 0 Å². The van der Waals surface area contributed by atoms with E-state index in [1.165, 1.54) is 18.2 Å². The summed E-state index contributed by atoms with van der Waals surface area (Å²) in [7, 11) is 0. The summed E-state index contributed by atoms with van der Waals surface area (Å²) in [6.45, 7) is 6.93. The highest BCUT2D eigenvalue weighted by molar-refractivity contribution is 5.75. The highest BCUT2D eigenvalue weighted by Crippen LogP contribution is 2.29. The number of hydrogen-bond donors (Lipinski definition) is 0. The summed E-state index contributed by atoms with van der Waals surface area (Å²) >= 11 is 0. The van der Waals surface area contributed by atoms with Gasteiger partial charge in [-0.1, -0.05) is 0 Å². The van der Waals surface area contributed by atoms with Gasteiger partial charge in [0.2, 0.25) is 0 Å². The van der Waals surface area contributed by atoms with Crippen LogP contribution < -0.4 is 0 Å². The number of esters is 1. The standard InChI is InChI=1S/C6H12O2.C5H3N/c1-5(7)8-6(2,3)4;1-2-6-5-3-4(1)5/h1-4H3;1-3H. The summed E-state index contributed by atoms with van der Waals surface area (Å²) in [5.74, 6) is -0.225. The number of ether oxygens (including phenoxy) is 1. The van der Waals surface area contributed by atoms with Crippen LogP contribution in [0, 0.1) is 0 Å². The second kappa shape index (κ2) is 3.78. The van der Waals surface area contributed by atoms with Crippen molar-refractivity contribution in [3.8, 4) is 11.3 Å². The van der Waals surface area contributed by atoms with Gasteiger partial charge in [-0.05, 0) is 32.9 Å². The van der Waals surface area contributed by atoms with Crippen LogP contribution in [-0.4, -0.2) is 16.6 Å². The number of carbonyl (C=O) groups is 1. The minimum atomic E-state index is -0.328. The molecule has 0 saturated heterocycles. The third-order valence-corrected chi connectivity index (χ3v) is 1.42. The molecule has 0 aromatic carbocycles. The van der Waals surface area contributed by atoms with Crippen LogP contribution in [0.5, 0.6) is 0 Å². The van der Waals surface area contributed by atoms with Crippen LogP contribution in [0.2, 0.25) is 0 Å². The summed E-state index contributed by atoms with van der Waals surface area (Å²) in [4.78, 5) is 14.2. The molecule has 0 bridgehead atoms. The van der Waals surface area contributed by atoms with Crippen LogP contribution in [0.4, 0.5) is 0 Å². The molecule has 76 valence electrons. The van der Waals surface area contributed by atoms with E-state index in [0.717, 1.165) is 0 Å². The Morgan fingerprint density at radius 3 is 2.14 bits per heavy atom. The molecule has 0 saturated carbocycles. The molecule has 0 fully saturated rings. The molecule has 2 aliphatic rings. The molecule has 14 heavy (non-hydrogen) atoms. The van der Waals surface area contributed by atoms with Crippen LogP contribution >= 0.6 is 0 Å². The summed E-state index contributed by atoms with van der Waals surface area (Å²) in [6.07, 6.45) is 1.82. The fourth-order valence-electron chi connectivity index (χ4n) is 0.986. The zero-order valence-corrected chi connectivity index (χ0v) is 9.00. The maximum Gasteiger partial charge on any atom is 0.303 e. The Kier molecular flexibility index (Phi) is 2.89. The van der Waals surface area contributed by atoms with Gasteiger partial charge in [-0.2, -0.15) is 0 Å². The molecule has 2 rings (SSSR count). The van der Waals surface area contributed by atoms with Crippen molar-refractivity contribution >= 4 is 5.97 Å². The Balaban J connectivity index is 0.000000143. The predicted octanol–water partition coefficient (Wildman–Crippen LogP) is 2.41. The first kappa shape index (κ1) is 10.7. The van der Waals surface area contributed by atoms with Crippen LogP contribution in [0.1, 0.15) is 27.7 Å². The van der Waals surface area contributed by atoms with Crippen LogP contribution in [0.3, 0.4) is 0 Å². The first-order chi connectivity index (χ1) is 6.38. The van der Waals surface area contributed by atoms with E-state index < -0.39 is 0 Å². The van der Waals surface area contributed by atoms with E-state index in [-0.39, 0.29) is 11.6 Å². The average molecular weight is 193 g/mol. The molecule has 1 aliphatic carbocycles. The maximum atomic E-state index is 10.2. The molecular weight excluding hydrogens is 178 g/mol. The van der Waals surface area contributed by atoms with Gasteiger partial charge >= 0.3 is 5.97 Å². The number of carbonyl (C=O) groups excluding carboxylic acids is 1. The van der Waals surface area contributed by atoms with E-state index >= 15 is 0 Å². The van der Waals surface area contributed by atoms with Crippen LogP contribution in [0.15, 0.2) is 18.3 Å². The van der Waals surface area contributed by atoms with Gasteiger partial charge in [-0.25, -0.2) is 0 Å². The van der Waals surface area contributed by atoms with Crippen molar-refractivity contribution in [3.63, 3.8) is 0 Å². The van der Waals surface area contributed by atoms with Crippen molar-refractivity contribution in [1.82, 2.24) is 4.98 Å². The van der Waals surface area contributed by atoms with Gasteiger partial charge in [0.25, 0.3) is 0 Å². The van der Waals surface area contributed by atoms with Crippen molar-refractivity contribution in [3.05, 3.63) is 18.3 Å². The number of nitrogens with zero attached hydrogens (tertiary/aromatic N) is 1. The predicted molar refractivity (Wildman–Crippen MR) is 54.8 cm³/mol. The lowest BCUT2D eigenvalue weighted by Crippen LogP contribution is -2.21. The molecule has 0 N–H and O–H groups in total. The third kappa shape index (κ3) is 4.03. The number of rotatable bonds is 0. The van der Waals surface area contributed by atoms with Gasteiger partial charge in [0.15, 0.2) is 0 Å². The highest BCUT2D eigenvalue weighted by Gasteiger charge is 2.11. The first-order valence-electron chi connectivity index (χ1n) is 4.54. The second-order valence-electron chi connectivity index (χ2n) is 4.14. The molecule has 0 spiro atoms. The summed E-state index contributed by atoms with van der Waals surface area (Å²) < 4.78 is 4.80. The van der Waals surface area contributed by atoms with Gasteiger partial charge < -0.3 is 4.74 Å². The van der Waals surface area contributed by atoms with E-state index in [4.69, 9.17) is 4.74 Å². The smallest absolute Gasteiger partial charge is 0.303 e. The molecule has 1 heterocycles. The molecule has 3 nitrogen and oxygen atoms in total.